The van der Waals surface area contributed by atoms with Crippen LogP contribution in [0.5, 0.6) is 0 Å². The molecule has 4 nitrogen and oxygen atoms in total. The topological polar surface area (TPSA) is 44.8 Å². The quantitative estimate of drug-likeness (QED) is 0.654. The Hall–Kier alpha value is -0.750. The van der Waals surface area contributed by atoms with Gasteiger partial charge in [-0.2, -0.15) is 0 Å². The Balaban J connectivity index is 2.83. The number of benzene rings is 1. The van der Waals surface area contributed by atoms with Crippen LogP contribution >= 0.6 is 0 Å². The predicted octanol–water partition coefficient (Wildman–Crippen LogP) is 2.56. The highest BCUT2D eigenvalue weighted by atomic mass is 32.2. The van der Waals surface area contributed by atoms with Crippen LogP contribution < -0.4 is 0 Å². The van der Waals surface area contributed by atoms with E-state index >= 15 is 0 Å². The van der Waals surface area contributed by atoms with Gasteiger partial charge in [0, 0.05) is 24.7 Å². The molecule has 5 heteroatoms. The van der Waals surface area contributed by atoms with Crippen molar-refractivity contribution in [3.63, 3.8) is 0 Å². The monoisotopic (exact) mass is 286 g/mol. The summed E-state index contributed by atoms with van der Waals surface area (Å²) in [6.07, 6.45) is 0. The molecule has 0 unspecified atom stereocenters. The molecule has 19 heavy (non-hydrogen) atoms. The molecule has 108 valence electrons. The summed E-state index contributed by atoms with van der Waals surface area (Å²) in [7, 11) is -1.23. The molecule has 0 aromatic heterocycles. The van der Waals surface area contributed by atoms with Gasteiger partial charge in [-0.25, -0.2) is 0 Å². The zero-order valence-electron chi connectivity index (χ0n) is 11.8. The van der Waals surface area contributed by atoms with Crippen LogP contribution in [0.25, 0.3) is 0 Å². The Morgan fingerprint density at radius 1 is 0.947 bits per heavy atom. The number of ether oxygens (including phenoxy) is 3. The summed E-state index contributed by atoms with van der Waals surface area (Å²) in [5, 5.41) is 0. The van der Waals surface area contributed by atoms with E-state index in [1.54, 1.807) is 0 Å². The average molecular weight is 286 g/mol. The lowest BCUT2D eigenvalue weighted by Gasteiger charge is -2.31. The molecule has 0 heterocycles. The molecule has 0 fully saturated rings. The van der Waals surface area contributed by atoms with Crippen molar-refractivity contribution < 1.29 is 18.4 Å². The number of hydrogen-bond acceptors (Lipinski definition) is 4. The molecule has 0 aliphatic heterocycles. The van der Waals surface area contributed by atoms with Crippen LogP contribution in [0.4, 0.5) is 0 Å². The highest BCUT2D eigenvalue weighted by molar-refractivity contribution is 7.85. The van der Waals surface area contributed by atoms with Crippen molar-refractivity contribution in [2.24, 2.45) is 0 Å². The maximum absolute atomic E-state index is 12.4. The minimum Gasteiger partial charge on any atom is -0.327 e. The lowest BCUT2D eigenvalue weighted by Crippen LogP contribution is -2.44. The van der Waals surface area contributed by atoms with E-state index in [4.69, 9.17) is 14.2 Å². The summed E-state index contributed by atoms with van der Waals surface area (Å²) in [6, 6.07) is 9.25. The average Bonchev–Trinajstić information content (AvgIpc) is 2.40. The minimum absolute atomic E-state index is 0.159. The fourth-order valence-corrected chi connectivity index (χ4v) is 2.92. The summed E-state index contributed by atoms with van der Waals surface area (Å²) >= 11 is 0. The molecule has 0 aliphatic carbocycles. The van der Waals surface area contributed by atoms with Gasteiger partial charge < -0.3 is 14.2 Å². The van der Waals surface area contributed by atoms with Crippen LogP contribution in [0, 0.1) is 0 Å². The highest BCUT2D eigenvalue weighted by Gasteiger charge is 2.35. The first-order valence-electron chi connectivity index (χ1n) is 6.52. The second kappa shape index (κ2) is 8.43. The largest absolute Gasteiger partial charge is 0.327 e. The van der Waals surface area contributed by atoms with Crippen LogP contribution in [0.15, 0.2) is 35.2 Å². The normalized spacial score (nSPS) is 13.4. The second-order valence-corrected chi connectivity index (χ2v) is 5.24. The van der Waals surface area contributed by atoms with Gasteiger partial charge in [-0.05, 0) is 32.9 Å². The van der Waals surface area contributed by atoms with Crippen LogP contribution in [0.1, 0.15) is 20.8 Å². The molecule has 0 saturated heterocycles. The molecular weight excluding hydrogens is 264 g/mol. The fourth-order valence-electron chi connectivity index (χ4n) is 1.73. The van der Waals surface area contributed by atoms with Gasteiger partial charge >= 0.3 is 0 Å². The predicted molar refractivity (Wildman–Crippen MR) is 75.3 cm³/mol. The molecule has 0 radical (unpaired) electrons. The molecule has 0 spiro atoms. The lowest BCUT2D eigenvalue weighted by atomic mass is 10.4. The molecule has 0 N–H and O–H groups in total. The van der Waals surface area contributed by atoms with Crippen molar-refractivity contribution in [2.45, 2.75) is 31.6 Å². The maximum Gasteiger partial charge on any atom is 0.295 e. The lowest BCUT2D eigenvalue weighted by molar-refractivity contribution is -0.362. The summed E-state index contributed by atoms with van der Waals surface area (Å²) in [4.78, 5) is 0.742. The smallest absolute Gasteiger partial charge is 0.295 e. The third-order valence-corrected chi connectivity index (χ3v) is 3.82. The van der Waals surface area contributed by atoms with Gasteiger partial charge in [0.05, 0.1) is 10.8 Å². The van der Waals surface area contributed by atoms with Gasteiger partial charge in [0.1, 0.15) is 5.75 Å². The van der Waals surface area contributed by atoms with Crippen LogP contribution in [0.3, 0.4) is 0 Å². The molecule has 0 saturated carbocycles. The Bertz CT molecular complexity index is 363. The fraction of sp³-hybridized carbons (Fsp3) is 0.571. The first kappa shape index (κ1) is 16.3. The Labute approximate surface area is 117 Å². The Morgan fingerprint density at radius 2 is 1.42 bits per heavy atom. The van der Waals surface area contributed by atoms with Crippen LogP contribution in [0.2, 0.25) is 0 Å². The zero-order chi connectivity index (χ0) is 14.1. The van der Waals surface area contributed by atoms with Gasteiger partial charge in [0.25, 0.3) is 5.97 Å². The van der Waals surface area contributed by atoms with Crippen molar-refractivity contribution in [1.29, 1.82) is 0 Å². The van der Waals surface area contributed by atoms with E-state index in [2.05, 4.69) is 0 Å². The van der Waals surface area contributed by atoms with Gasteiger partial charge in [-0.15, -0.1) is 0 Å². The summed E-state index contributed by atoms with van der Waals surface area (Å²) < 4.78 is 29.1. The molecule has 1 atom stereocenters. The van der Waals surface area contributed by atoms with Crippen molar-refractivity contribution in [3.8, 4) is 0 Å². The molecule has 1 aromatic carbocycles. The van der Waals surface area contributed by atoms with E-state index in [0.717, 1.165) is 4.90 Å². The van der Waals surface area contributed by atoms with Gasteiger partial charge in [0.2, 0.25) is 0 Å². The van der Waals surface area contributed by atoms with Gasteiger partial charge in [0.15, 0.2) is 0 Å². The van der Waals surface area contributed by atoms with Crippen LogP contribution in [-0.2, 0) is 25.0 Å². The molecule has 0 amide bonds. The zero-order valence-corrected chi connectivity index (χ0v) is 12.6. The molecule has 1 aromatic rings. The summed E-state index contributed by atoms with van der Waals surface area (Å²) in [5.74, 6) is -1.06. The highest BCUT2D eigenvalue weighted by Crippen LogP contribution is 2.20. The minimum atomic E-state index is -1.23. The SMILES string of the molecule is CCOC(C[S@](=O)c1ccccc1)(OCC)OCC. The number of hydrogen-bond donors (Lipinski definition) is 0. The third kappa shape index (κ3) is 5.03. The first-order chi connectivity index (χ1) is 9.17. The Morgan fingerprint density at radius 3 is 1.84 bits per heavy atom. The van der Waals surface area contributed by atoms with E-state index in [0.29, 0.717) is 19.8 Å². The second-order valence-electron chi connectivity index (χ2n) is 3.78. The van der Waals surface area contributed by atoms with Gasteiger partial charge in [-0.1, -0.05) is 18.2 Å². The maximum atomic E-state index is 12.4. The van der Waals surface area contributed by atoms with E-state index in [1.165, 1.54) is 0 Å². The standard InChI is InChI=1S/C14H22O4S/c1-4-16-14(17-5-2,18-6-3)12-19(15)13-10-8-7-9-11-13/h7-11H,4-6,12H2,1-3H3/t19-/m0/s1. The van der Waals surface area contributed by atoms with E-state index in [9.17, 15) is 4.21 Å². The van der Waals surface area contributed by atoms with Crippen molar-refractivity contribution in [1.82, 2.24) is 0 Å². The van der Waals surface area contributed by atoms with Gasteiger partial charge in [-0.3, -0.25) is 4.21 Å². The van der Waals surface area contributed by atoms with E-state index in [-0.39, 0.29) is 5.75 Å². The molecular formula is C14H22O4S. The van der Waals surface area contributed by atoms with Crippen LogP contribution in [-0.4, -0.2) is 35.8 Å². The third-order valence-electron chi connectivity index (χ3n) is 2.41. The Kier molecular flexibility index (Phi) is 7.23. The van der Waals surface area contributed by atoms with Crippen molar-refractivity contribution in [2.75, 3.05) is 25.6 Å². The first-order valence-corrected chi connectivity index (χ1v) is 7.84. The summed E-state index contributed by atoms with van der Waals surface area (Å²) in [6.45, 7) is 6.89. The van der Waals surface area contributed by atoms with E-state index < -0.39 is 16.8 Å². The van der Waals surface area contributed by atoms with Crippen molar-refractivity contribution in [3.05, 3.63) is 30.3 Å². The van der Waals surface area contributed by atoms with E-state index in [1.807, 2.05) is 51.1 Å². The van der Waals surface area contributed by atoms with Crippen molar-refractivity contribution >= 4 is 10.8 Å². The molecule has 0 bridgehead atoms. The summed E-state index contributed by atoms with van der Waals surface area (Å²) in [5.41, 5.74) is 0. The number of rotatable bonds is 9. The molecule has 1 rings (SSSR count). The molecule has 0 aliphatic rings.